The SMILES string of the molecule is CCNCC1CCCC1CCCS(C)(=O)=O. The molecule has 1 N–H and O–H groups in total. The topological polar surface area (TPSA) is 46.2 Å². The van der Waals surface area contributed by atoms with Gasteiger partial charge in [0.1, 0.15) is 9.84 Å². The molecule has 0 aromatic carbocycles. The van der Waals surface area contributed by atoms with Crippen molar-refractivity contribution < 1.29 is 8.42 Å². The molecule has 96 valence electrons. The second-order valence-corrected chi connectivity index (χ2v) is 7.29. The molecule has 1 rings (SSSR count). The largest absolute Gasteiger partial charge is 0.317 e. The summed E-state index contributed by atoms with van der Waals surface area (Å²) < 4.78 is 22.1. The smallest absolute Gasteiger partial charge is 0.147 e. The molecule has 0 bridgehead atoms. The van der Waals surface area contributed by atoms with Crippen LogP contribution in [0.25, 0.3) is 0 Å². The van der Waals surface area contributed by atoms with Gasteiger partial charge in [-0.1, -0.05) is 19.8 Å². The van der Waals surface area contributed by atoms with Gasteiger partial charge in [0.15, 0.2) is 0 Å². The zero-order chi connectivity index (χ0) is 12.0. The number of nitrogens with one attached hydrogen (secondary N) is 1. The first-order chi connectivity index (χ1) is 7.53. The standard InChI is InChI=1S/C12H25NO2S/c1-3-13-10-12-7-4-6-11(12)8-5-9-16(2,14)15/h11-13H,3-10H2,1-2H3. The summed E-state index contributed by atoms with van der Waals surface area (Å²) in [7, 11) is -2.77. The first kappa shape index (κ1) is 14.0. The van der Waals surface area contributed by atoms with E-state index >= 15 is 0 Å². The highest BCUT2D eigenvalue weighted by Gasteiger charge is 2.26. The number of rotatable bonds is 7. The van der Waals surface area contributed by atoms with Gasteiger partial charge in [0.25, 0.3) is 0 Å². The Balaban J connectivity index is 2.24. The molecule has 16 heavy (non-hydrogen) atoms. The van der Waals surface area contributed by atoms with Gasteiger partial charge in [-0.05, 0) is 44.2 Å². The van der Waals surface area contributed by atoms with Crippen molar-refractivity contribution in [2.75, 3.05) is 25.1 Å². The van der Waals surface area contributed by atoms with Gasteiger partial charge in [0.2, 0.25) is 0 Å². The van der Waals surface area contributed by atoms with E-state index in [0.29, 0.717) is 5.75 Å². The summed E-state index contributed by atoms with van der Waals surface area (Å²) in [5, 5.41) is 3.41. The highest BCUT2D eigenvalue weighted by Crippen LogP contribution is 2.34. The Morgan fingerprint density at radius 1 is 1.25 bits per heavy atom. The van der Waals surface area contributed by atoms with Crippen LogP contribution < -0.4 is 5.32 Å². The molecule has 3 nitrogen and oxygen atoms in total. The summed E-state index contributed by atoms with van der Waals surface area (Å²) in [5.41, 5.74) is 0. The van der Waals surface area contributed by atoms with Crippen molar-refractivity contribution in [2.24, 2.45) is 11.8 Å². The maximum Gasteiger partial charge on any atom is 0.147 e. The van der Waals surface area contributed by atoms with Crippen molar-refractivity contribution >= 4 is 9.84 Å². The molecule has 0 amide bonds. The molecule has 1 aliphatic carbocycles. The number of hydrogen-bond acceptors (Lipinski definition) is 3. The number of sulfone groups is 1. The summed E-state index contributed by atoms with van der Waals surface area (Å²) in [6, 6.07) is 0. The van der Waals surface area contributed by atoms with E-state index in [4.69, 9.17) is 0 Å². The Kier molecular flexibility index (Phi) is 5.76. The molecule has 0 saturated heterocycles. The predicted molar refractivity (Wildman–Crippen MR) is 68.3 cm³/mol. The van der Waals surface area contributed by atoms with Gasteiger partial charge < -0.3 is 5.32 Å². The minimum atomic E-state index is -2.77. The fourth-order valence-corrected chi connectivity index (χ4v) is 3.39. The molecule has 0 heterocycles. The second-order valence-electron chi connectivity index (χ2n) is 5.03. The lowest BCUT2D eigenvalue weighted by atomic mass is 9.92. The summed E-state index contributed by atoms with van der Waals surface area (Å²) in [6.07, 6.45) is 7.18. The Morgan fingerprint density at radius 3 is 2.56 bits per heavy atom. The fourth-order valence-electron chi connectivity index (χ4n) is 2.70. The van der Waals surface area contributed by atoms with E-state index in [1.165, 1.54) is 25.5 Å². The molecule has 2 atom stereocenters. The maximum absolute atomic E-state index is 11.0. The van der Waals surface area contributed by atoms with E-state index in [1.54, 1.807) is 0 Å². The first-order valence-electron chi connectivity index (χ1n) is 6.41. The van der Waals surface area contributed by atoms with Gasteiger partial charge in [-0.2, -0.15) is 0 Å². The zero-order valence-corrected chi connectivity index (χ0v) is 11.4. The van der Waals surface area contributed by atoms with Crippen molar-refractivity contribution in [3.63, 3.8) is 0 Å². The van der Waals surface area contributed by atoms with Crippen LogP contribution in [0.5, 0.6) is 0 Å². The van der Waals surface area contributed by atoms with E-state index in [1.807, 2.05) is 0 Å². The average molecular weight is 247 g/mol. The van der Waals surface area contributed by atoms with Gasteiger partial charge in [-0.15, -0.1) is 0 Å². The lowest BCUT2D eigenvalue weighted by molar-refractivity contribution is 0.347. The monoisotopic (exact) mass is 247 g/mol. The first-order valence-corrected chi connectivity index (χ1v) is 8.47. The van der Waals surface area contributed by atoms with Gasteiger partial charge in [0.05, 0.1) is 0 Å². The molecule has 2 unspecified atom stereocenters. The summed E-state index contributed by atoms with van der Waals surface area (Å²) >= 11 is 0. The Morgan fingerprint density at radius 2 is 1.94 bits per heavy atom. The molecule has 1 saturated carbocycles. The highest BCUT2D eigenvalue weighted by molar-refractivity contribution is 7.90. The van der Waals surface area contributed by atoms with Crippen LogP contribution in [0.4, 0.5) is 0 Å². The van der Waals surface area contributed by atoms with E-state index in [9.17, 15) is 8.42 Å². The van der Waals surface area contributed by atoms with Crippen LogP contribution in [-0.4, -0.2) is 33.5 Å². The van der Waals surface area contributed by atoms with E-state index < -0.39 is 9.84 Å². The number of hydrogen-bond donors (Lipinski definition) is 1. The molecule has 1 fully saturated rings. The third-order valence-corrected chi connectivity index (χ3v) is 4.59. The molecule has 0 aromatic heterocycles. The molecule has 4 heteroatoms. The zero-order valence-electron chi connectivity index (χ0n) is 10.5. The van der Waals surface area contributed by atoms with Crippen molar-refractivity contribution in [3.8, 4) is 0 Å². The van der Waals surface area contributed by atoms with Crippen LogP contribution in [-0.2, 0) is 9.84 Å². The van der Waals surface area contributed by atoms with Crippen molar-refractivity contribution in [2.45, 2.75) is 39.0 Å². The van der Waals surface area contributed by atoms with E-state index in [-0.39, 0.29) is 0 Å². The fraction of sp³-hybridized carbons (Fsp3) is 1.00. The predicted octanol–water partition coefficient (Wildman–Crippen LogP) is 1.84. The lowest BCUT2D eigenvalue weighted by Crippen LogP contribution is -2.25. The molecule has 0 spiro atoms. The van der Waals surface area contributed by atoms with Gasteiger partial charge in [-0.25, -0.2) is 8.42 Å². The second kappa shape index (κ2) is 6.60. The quantitative estimate of drug-likeness (QED) is 0.746. The molecule has 0 aromatic rings. The van der Waals surface area contributed by atoms with Crippen LogP contribution in [0, 0.1) is 11.8 Å². The maximum atomic E-state index is 11.0. The third-order valence-electron chi connectivity index (χ3n) is 3.56. The Hall–Kier alpha value is -0.0900. The third kappa shape index (κ3) is 5.30. The minimum Gasteiger partial charge on any atom is -0.317 e. The normalized spacial score (nSPS) is 26.1. The van der Waals surface area contributed by atoms with Crippen molar-refractivity contribution in [1.82, 2.24) is 5.32 Å². The molecular weight excluding hydrogens is 222 g/mol. The molecular formula is C12H25NO2S. The van der Waals surface area contributed by atoms with Crippen molar-refractivity contribution in [3.05, 3.63) is 0 Å². The molecule has 0 radical (unpaired) electrons. The van der Waals surface area contributed by atoms with Gasteiger partial charge in [0, 0.05) is 12.0 Å². The van der Waals surface area contributed by atoms with Crippen LogP contribution in [0.1, 0.15) is 39.0 Å². The Labute approximate surface area is 99.9 Å². The average Bonchev–Trinajstić information content (AvgIpc) is 2.60. The Bertz CT molecular complexity index is 287. The minimum absolute atomic E-state index is 0.359. The highest BCUT2D eigenvalue weighted by atomic mass is 32.2. The molecule has 1 aliphatic rings. The van der Waals surface area contributed by atoms with E-state index in [0.717, 1.165) is 37.8 Å². The summed E-state index contributed by atoms with van der Waals surface area (Å²) in [6.45, 7) is 4.28. The van der Waals surface area contributed by atoms with Crippen molar-refractivity contribution in [1.29, 1.82) is 0 Å². The lowest BCUT2D eigenvalue weighted by Gasteiger charge is -2.19. The summed E-state index contributed by atoms with van der Waals surface area (Å²) in [5.74, 6) is 1.89. The summed E-state index contributed by atoms with van der Waals surface area (Å²) in [4.78, 5) is 0. The van der Waals surface area contributed by atoms with E-state index in [2.05, 4.69) is 12.2 Å². The molecule has 0 aliphatic heterocycles. The van der Waals surface area contributed by atoms with Gasteiger partial charge in [-0.3, -0.25) is 0 Å². The van der Waals surface area contributed by atoms with Crippen LogP contribution in [0.15, 0.2) is 0 Å². The van der Waals surface area contributed by atoms with Crippen LogP contribution in [0.2, 0.25) is 0 Å². The van der Waals surface area contributed by atoms with Gasteiger partial charge >= 0.3 is 0 Å². The van der Waals surface area contributed by atoms with Crippen LogP contribution in [0.3, 0.4) is 0 Å². The van der Waals surface area contributed by atoms with Crippen LogP contribution >= 0.6 is 0 Å².